The standard InChI is InChI=1S/C9H12N2/c10-5-3-8-4-7-11-6-1-2-9(8)11/h3,9H,1-2,4,6-7H2/b8-3-. The topological polar surface area (TPSA) is 27.0 Å². The number of allylic oxidation sites excluding steroid dienone is 1. The van der Waals surface area contributed by atoms with Crippen molar-refractivity contribution >= 4 is 0 Å². The van der Waals surface area contributed by atoms with Gasteiger partial charge in [0.15, 0.2) is 0 Å². The van der Waals surface area contributed by atoms with Gasteiger partial charge in [-0.2, -0.15) is 5.26 Å². The molecular formula is C9H12N2. The summed E-state index contributed by atoms with van der Waals surface area (Å²) in [4.78, 5) is 2.49. The lowest BCUT2D eigenvalue weighted by molar-refractivity contribution is 0.338. The summed E-state index contributed by atoms with van der Waals surface area (Å²) in [5.74, 6) is 0. The Morgan fingerprint density at radius 1 is 1.55 bits per heavy atom. The lowest BCUT2D eigenvalue weighted by Crippen LogP contribution is -2.22. The van der Waals surface area contributed by atoms with E-state index < -0.39 is 0 Å². The second kappa shape index (κ2) is 2.67. The molecule has 2 nitrogen and oxygen atoms in total. The Hall–Kier alpha value is -0.810. The second-order valence-corrected chi connectivity index (χ2v) is 3.29. The predicted molar refractivity (Wildman–Crippen MR) is 42.9 cm³/mol. The second-order valence-electron chi connectivity index (χ2n) is 3.29. The van der Waals surface area contributed by atoms with Crippen LogP contribution in [-0.2, 0) is 0 Å². The maximum atomic E-state index is 8.50. The summed E-state index contributed by atoms with van der Waals surface area (Å²) in [6, 6.07) is 2.77. The Morgan fingerprint density at radius 3 is 3.27 bits per heavy atom. The number of hydrogen-bond acceptors (Lipinski definition) is 2. The average Bonchev–Trinajstić information content (AvgIpc) is 2.53. The first-order valence-corrected chi connectivity index (χ1v) is 4.24. The van der Waals surface area contributed by atoms with E-state index in [0.717, 1.165) is 6.42 Å². The summed E-state index contributed by atoms with van der Waals surface area (Å²) in [6.45, 7) is 2.42. The van der Waals surface area contributed by atoms with Crippen molar-refractivity contribution in [2.75, 3.05) is 13.1 Å². The Labute approximate surface area is 67.1 Å². The van der Waals surface area contributed by atoms with Crippen LogP contribution in [0, 0.1) is 11.3 Å². The molecule has 0 bridgehead atoms. The average molecular weight is 148 g/mol. The molecule has 0 radical (unpaired) electrons. The van der Waals surface area contributed by atoms with Gasteiger partial charge in [0.2, 0.25) is 0 Å². The number of nitriles is 1. The third-order valence-electron chi connectivity index (χ3n) is 2.73. The summed E-state index contributed by atoms with van der Waals surface area (Å²) >= 11 is 0. The zero-order valence-corrected chi connectivity index (χ0v) is 6.58. The van der Waals surface area contributed by atoms with E-state index in [4.69, 9.17) is 5.26 Å². The van der Waals surface area contributed by atoms with Crippen molar-refractivity contribution in [3.05, 3.63) is 11.6 Å². The highest BCUT2D eigenvalue weighted by molar-refractivity contribution is 5.24. The van der Waals surface area contributed by atoms with E-state index in [1.54, 1.807) is 6.08 Å². The Balaban J connectivity index is 2.16. The zero-order valence-electron chi connectivity index (χ0n) is 6.58. The number of fused-ring (bicyclic) bond motifs is 1. The van der Waals surface area contributed by atoms with Crippen molar-refractivity contribution in [2.45, 2.75) is 25.3 Å². The normalized spacial score (nSPS) is 34.1. The van der Waals surface area contributed by atoms with E-state index in [0.29, 0.717) is 6.04 Å². The van der Waals surface area contributed by atoms with Crippen molar-refractivity contribution in [2.24, 2.45) is 0 Å². The molecule has 2 saturated heterocycles. The molecule has 0 aromatic rings. The Morgan fingerprint density at radius 2 is 2.45 bits per heavy atom. The van der Waals surface area contributed by atoms with Gasteiger partial charge in [-0.05, 0) is 31.4 Å². The van der Waals surface area contributed by atoms with Gasteiger partial charge < -0.3 is 0 Å². The van der Waals surface area contributed by atoms with Gasteiger partial charge in [0, 0.05) is 18.7 Å². The first-order chi connectivity index (χ1) is 5.42. The molecule has 0 aromatic carbocycles. The fourth-order valence-corrected chi connectivity index (χ4v) is 2.20. The molecule has 11 heavy (non-hydrogen) atoms. The van der Waals surface area contributed by atoms with Crippen molar-refractivity contribution < 1.29 is 0 Å². The maximum Gasteiger partial charge on any atom is 0.0912 e. The van der Waals surface area contributed by atoms with Gasteiger partial charge in [-0.15, -0.1) is 0 Å². The molecule has 58 valence electrons. The van der Waals surface area contributed by atoms with E-state index in [1.807, 2.05) is 0 Å². The van der Waals surface area contributed by atoms with Gasteiger partial charge in [0.1, 0.15) is 0 Å². The number of hydrogen-bond donors (Lipinski definition) is 0. The third-order valence-corrected chi connectivity index (χ3v) is 2.73. The van der Waals surface area contributed by atoms with Gasteiger partial charge in [-0.3, -0.25) is 4.90 Å². The summed E-state index contributed by atoms with van der Waals surface area (Å²) < 4.78 is 0. The van der Waals surface area contributed by atoms with E-state index in [1.165, 1.54) is 31.5 Å². The summed E-state index contributed by atoms with van der Waals surface area (Å²) in [5.41, 5.74) is 1.37. The minimum atomic E-state index is 0.634. The molecule has 2 aliphatic rings. The monoisotopic (exact) mass is 148 g/mol. The molecular weight excluding hydrogens is 136 g/mol. The molecule has 1 unspecified atom stereocenters. The van der Waals surface area contributed by atoms with Crippen LogP contribution in [0.3, 0.4) is 0 Å². The Bertz CT molecular complexity index is 224. The van der Waals surface area contributed by atoms with Crippen LogP contribution < -0.4 is 0 Å². The van der Waals surface area contributed by atoms with Crippen molar-refractivity contribution in [1.82, 2.24) is 4.90 Å². The molecule has 0 N–H and O–H groups in total. The van der Waals surface area contributed by atoms with Gasteiger partial charge >= 0.3 is 0 Å². The van der Waals surface area contributed by atoms with Crippen molar-refractivity contribution in [1.29, 1.82) is 5.26 Å². The minimum absolute atomic E-state index is 0.634. The van der Waals surface area contributed by atoms with Crippen LogP contribution in [0.15, 0.2) is 11.6 Å². The Kier molecular flexibility index (Phi) is 1.67. The first kappa shape index (κ1) is 6.87. The van der Waals surface area contributed by atoms with Gasteiger partial charge in [-0.25, -0.2) is 0 Å². The predicted octanol–water partition coefficient (Wildman–Crippen LogP) is 1.30. The maximum absolute atomic E-state index is 8.50. The van der Waals surface area contributed by atoms with E-state index in [9.17, 15) is 0 Å². The fourth-order valence-electron chi connectivity index (χ4n) is 2.20. The van der Waals surface area contributed by atoms with Crippen LogP contribution in [-0.4, -0.2) is 24.0 Å². The smallest absolute Gasteiger partial charge is 0.0912 e. The highest BCUT2D eigenvalue weighted by Gasteiger charge is 2.32. The quantitative estimate of drug-likeness (QED) is 0.484. The fraction of sp³-hybridized carbons (Fsp3) is 0.667. The van der Waals surface area contributed by atoms with Crippen LogP contribution >= 0.6 is 0 Å². The van der Waals surface area contributed by atoms with Gasteiger partial charge in [0.25, 0.3) is 0 Å². The minimum Gasteiger partial charge on any atom is -0.296 e. The van der Waals surface area contributed by atoms with Crippen LogP contribution in [0.1, 0.15) is 19.3 Å². The van der Waals surface area contributed by atoms with E-state index in [-0.39, 0.29) is 0 Å². The lowest BCUT2D eigenvalue weighted by Gasteiger charge is -2.13. The molecule has 0 aromatic heterocycles. The molecule has 1 atom stereocenters. The zero-order chi connectivity index (χ0) is 7.68. The molecule has 0 amide bonds. The number of rotatable bonds is 0. The first-order valence-electron chi connectivity index (χ1n) is 4.24. The number of nitrogens with zero attached hydrogens (tertiary/aromatic N) is 2. The highest BCUT2D eigenvalue weighted by atomic mass is 15.2. The third kappa shape index (κ3) is 1.06. The molecule has 0 aliphatic carbocycles. The summed E-state index contributed by atoms with van der Waals surface area (Å²) in [7, 11) is 0. The summed E-state index contributed by atoms with van der Waals surface area (Å²) in [6.07, 6.45) is 5.45. The van der Waals surface area contributed by atoms with Crippen LogP contribution in [0.2, 0.25) is 0 Å². The summed E-state index contributed by atoms with van der Waals surface area (Å²) in [5, 5.41) is 8.50. The SMILES string of the molecule is N#C/C=C1/CCN2CCCC12. The van der Waals surface area contributed by atoms with Crippen LogP contribution in [0.5, 0.6) is 0 Å². The van der Waals surface area contributed by atoms with Gasteiger partial charge in [0.05, 0.1) is 6.07 Å². The molecule has 2 rings (SSSR count). The molecule has 0 saturated carbocycles. The van der Waals surface area contributed by atoms with Crippen LogP contribution in [0.25, 0.3) is 0 Å². The van der Waals surface area contributed by atoms with E-state index in [2.05, 4.69) is 11.0 Å². The molecule has 2 heteroatoms. The highest BCUT2D eigenvalue weighted by Crippen LogP contribution is 2.31. The molecule has 0 spiro atoms. The van der Waals surface area contributed by atoms with E-state index >= 15 is 0 Å². The lowest BCUT2D eigenvalue weighted by atomic mass is 10.1. The molecule has 2 heterocycles. The van der Waals surface area contributed by atoms with Crippen LogP contribution in [0.4, 0.5) is 0 Å². The van der Waals surface area contributed by atoms with Gasteiger partial charge in [-0.1, -0.05) is 0 Å². The molecule has 2 aliphatic heterocycles. The molecule has 2 fully saturated rings. The van der Waals surface area contributed by atoms with Crippen molar-refractivity contribution in [3.63, 3.8) is 0 Å². The largest absolute Gasteiger partial charge is 0.296 e. The van der Waals surface area contributed by atoms with Crippen molar-refractivity contribution in [3.8, 4) is 6.07 Å².